The van der Waals surface area contributed by atoms with Gasteiger partial charge in [-0.1, -0.05) is 0 Å². The Kier molecular flexibility index (Phi) is 3.31. The molecular formula is C9H15N3OS. The van der Waals surface area contributed by atoms with Gasteiger partial charge in [-0.25, -0.2) is 4.98 Å². The Labute approximate surface area is 87.5 Å². The van der Waals surface area contributed by atoms with Gasteiger partial charge in [0, 0.05) is 18.1 Å². The zero-order valence-corrected chi connectivity index (χ0v) is 8.83. The van der Waals surface area contributed by atoms with Gasteiger partial charge in [0.15, 0.2) is 0 Å². The molecule has 1 aromatic rings. The summed E-state index contributed by atoms with van der Waals surface area (Å²) >= 11 is 1.39. The first-order valence-electron chi connectivity index (χ1n) is 5.03. The molecule has 0 unspecified atom stereocenters. The van der Waals surface area contributed by atoms with Crippen molar-refractivity contribution in [3.05, 3.63) is 6.33 Å². The summed E-state index contributed by atoms with van der Waals surface area (Å²) in [7, 11) is 0. The summed E-state index contributed by atoms with van der Waals surface area (Å²) in [6, 6.07) is 0. The number of aliphatic hydroxyl groups excluding tert-OH is 1. The molecule has 0 spiro atoms. The normalized spacial score (nSPS) is 27.5. The van der Waals surface area contributed by atoms with E-state index < -0.39 is 0 Å². The molecule has 2 rings (SSSR count). The van der Waals surface area contributed by atoms with Gasteiger partial charge in [0.2, 0.25) is 5.13 Å². The van der Waals surface area contributed by atoms with Crippen molar-refractivity contribution in [2.45, 2.75) is 31.8 Å². The van der Waals surface area contributed by atoms with E-state index in [1.54, 1.807) is 6.33 Å². The Balaban J connectivity index is 1.71. The average molecular weight is 213 g/mol. The molecule has 0 saturated heterocycles. The summed E-state index contributed by atoms with van der Waals surface area (Å²) < 4.78 is 3.93. The van der Waals surface area contributed by atoms with Crippen LogP contribution < -0.4 is 5.32 Å². The maximum atomic E-state index is 9.34. The third-order valence-electron chi connectivity index (χ3n) is 2.72. The van der Waals surface area contributed by atoms with Crippen molar-refractivity contribution in [3.8, 4) is 0 Å². The summed E-state index contributed by atoms with van der Waals surface area (Å²) in [5.41, 5.74) is 0. The van der Waals surface area contributed by atoms with E-state index in [4.69, 9.17) is 0 Å². The van der Waals surface area contributed by atoms with Gasteiger partial charge < -0.3 is 10.4 Å². The van der Waals surface area contributed by atoms with E-state index in [1.807, 2.05) is 0 Å². The quantitative estimate of drug-likeness (QED) is 0.799. The lowest BCUT2D eigenvalue weighted by Crippen LogP contribution is -2.23. The van der Waals surface area contributed by atoms with Crippen molar-refractivity contribution in [2.75, 3.05) is 11.9 Å². The molecule has 0 radical (unpaired) electrons. The van der Waals surface area contributed by atoms with Crippen LogP contribution in [-0.4, -0.2) is 27.1 Å². The van der Waals surface area contributed by atoms with Crippen LogP contribution in [0.3, 0.4) is 0 Å². The van der Waals surface area contributed by atoms with E-state index in [2.05, 4.69) is 14.7 Å². The minimum absolute atomic E-state index is 0.0622. The largest absolute Gasteiger partial charge is 0.393 e. The van der Waals surface area contributed by atoms with Gasteiger partial charge in [-0.2, -0.15) is 4.37 Å². The lowest BCUT2D eigenvalue weighted by molar-refractivity contribution is 0.111. The summed E-state index contributed by atoms with van der Waals surface area (Å²) in [5, 5.41) is 13.5. The van der Waals surface area contributed by atoms with E-state index in [0.717, 1.165) is 37.4 Å². The number of nitrogens with one attached hydrogen (secondary N) is 1. The fourth-order valence-electron chi connectivity index (χ4n) is 1.83. The zero-order chi connectivity index (χ0) is 9.80. The third-order valence-corrected chi connectivity index (χ3v) is 3.34. The maximum Gasteiger partial charge on any atom is 0.202 e. The highest BCUT2D eigenvalue weighted by Crippen LogP contribution is 2.24. The van der Waals surface area contributed by atoms with Crippen LogP contribution in [0.2, 0.25) is 0 Å². The van der Waals surface area contributed by atoms with E-state index in [-0.39, 0.29) is 6.10 Å². The van der Waals surface area contributed by atoms with Gasteiger partial charge in [0.1, 0.15) is 6.33 Å². The van der Waals surface area contributed by atoms with Crippen molar-refractivity contribution in [1.82, 2.24) is 9.36 Å². The number of aliphatic hydroxyl groups is 1. The van der Waals surface area contributed by atoms with E-state index in [9.17, 15) is 5.11 Å². The number of hydrogen-bond donors (Lipinski definition) is 2. The monoisotopic (exact) mass is 213 g/mol. The van der Waals surface area contributed by atoms with Crippen LogP contribution in [0.4, 0.5) is 5.13 Å². The standard InChI is InChI=1S/C9H15N3OS/c13-8-3-1-7(2-4-8)5-10-9-11-6-12-14-9/h6-8,13H,1-5H2,(H,10,11,12). The van der Waals surface area contributed by atoms with Crippen LogP contribution in [0.5, 0.6) is 0 Å². The summed E-state index contributed by atoms with van der Waals surface area (Å²) in [6.07, 6.45) is 5.63. The molecule has 1 saturated carbocycles. The Morgan fingerprint density at radius 3 is 2.86 bits per heavy atom. The highest BCUT2D eigenvalue weighted by atomic mass is 32.1. The molecule has 1 heterocycles. The summed E-state index contributed by atoms with van der Waals surface area (Å²) in [4.78, 5) is 4.06. The van der Waals surface area contributed by atoms with Crippen LogP contribution in [0.25, 0.3) is 0 Å². The van der Waals surface area contributed by atoms with Crippen molar-refractivity contribution in [2.24, 2.45) is 5.92 Å². The molecule has 14 heavy (non-hydrogen) atoms. The molecule has 1 fully saturated rings. The van der Waals surface area contributed by atoms with Crippen LogP contribution in [0.15, 0.2) is 6.33 Å². The molecule has 1 aliphatic carbocycles. The van der Waals surface area contributed by atoms with Gasteiger partial charge in [0.25, 0.3) is 0 Å². The Morgan fingerprint density at radius 2 is 2.21 bits per heavy atom. The minimum Gasteiger partial charge on any atom is -0.393 e. The van der Waals surface area contributed by atoms with Crippen LogP contribution >= 0.6 is 11.5 Å². The first-order valence-corrected chi connectivity index (χ1v) is 5.80. The highest BCUT2D eigenvalue weighted by Gasteiger charge is 2.19. The van der Waals surface area contributed by atoms with E-state index in [0.29, 0.717) is 5.92 Å². The SMILES string of the molecule is OC1CCC(CNc2ncns2)CC1. The van der Waals surface area contributed by atoms with Gasteiger partial charge >= 0.3 is 0 Å². The van der Waals surface area contributed by atoms with Crippen LogP contribution in [0.1, 0.15) is 25.7 Å². The molecular weight excluding hydrogens is 198 g/mol. The van der Waals surface area contributed by atoms with E-state index in [1.165, 1.54) is 11.5 Å². The van der Waals surface area contributed by atoms with Gasteiger partial charge in [-0.15, -0.1) is 0 Å². The van der Waals surface area contributed by atoms with Crippen LogP contribution in [-0.2, 0) is 0 Å². The van der Waals surface area contributed by atoms with Gasteiger partial charge in [-0.3, -0.25) is 0 Å². The Bertz CT molecular complexity index is 257. The molecule has 1 aliphatic rings. The molecule has 0 aromatic carbocycles. The lowest BCUT2D eigenvalue weighted by atomic mass is 9.87. The molecule has 0 bridgehead atoms. The Hall–Kier alpha value is -0.680. The molecule has 0 atom stereocenters. The molecule has 78 valence electrons. The summed E-state index contributed by atoms with van der Waals surface area (Å²) in [6.45, 7) is 0.960. The van der Waals surface area contributed by atoms with Crippen molar-refractivity contribution in [3.63, 3.8) is 0 Å². The predicted octanol–water partition coefficient (Wildman–Crippen LogP) is 1.50. The average Bonchev–Trinajstić information content (AvgIpc) is 2.70. The first kappa shape index (κ1) is 9.86. The molecule has 2 N–H and O–H groups in total. The van der Waals surface area contributed by atoms with Crippen molar-refractivity contribution < 1.29 is 5.11 Å². The van der Waals surface area contributed by atoms with Gasteiger partial charge in [-0.05, 0) is 31.6 Å². The molecule has 0 amide bonds. The Morgan fingerprint density at radius 1 is 1.43 bits per heavy atom. The molecule has 1 aromatic heterocycles. The fourth-order valence-corrected chi connectivity index (χ4v) is 2.27. The highest BCUT2D eigenvalue weighted by molar-refractivity contribution is 7.09. The number of hydrogen-bond acceptors (Lipinski definition) is 5. The van der Waals surface area contributed by atoms with Crippen molar-refractivity contribution >= 4 is 16.7 Å². The number of anilines is 1. The van der Waals surface area contributed by atoms with Gasteiger partial charge in [0.05, 0.1) is 6.10 Å². The van der Waals surface area contributed by atoms with Crippen molar-refractivity contribution in [1.29, 1.82) is 0 Å². The second-order valence-electron chi connectivity index (χ2n) is 3.80. The lowest BCUT2D eigenvalue weighted by Gasteiger charge is -2.25. The second-order valence-corrected chi connectivity index (χ2v) is 4.58. The fraction of sp³-hybridized carbons (Fsp3) is 0.778. The van der Waals surface area contributed by atoms with E-state index >= 15 is 0 Å². The maximum absolute atomic E-state index is 9.34. The summed E-state index contributed by atoms with van der Waals surface area (Å²) in [5.74, 6) is 0.683. The third kappa shape index (κ3) is 2.65. The number of rotatable bonds is 3. The second kappa shape index (κ2) is 4.70. The first-order chi connectivity index (χ1) is 6.84. The van der Waals surface area contributed by atoms with Crippen LogP contribution in [0, 0.1) is 5.92 Å². The minimum atomic E-state index is -0.0622. The molecule has 4 nitrogen and oxygen atoms in total. The zero-order valence-electron chi connectivity index (χ0n) is 8.02. The number of nitrogens with zero attached hydrogens (tertiary/aromatic N) is 2. The smallest absolute Gasteiger partial charge is 0.202 e. The number of aromatic nitrogens is 2. The topological polar surface area (TPSA) is 58.0 Å². The molecule has 5 heteroatoms. The molecule has 0 aliphatic heterocycles. The predicted molar refractivity (Wildman–Crippen MR) is 56.4 cm³/mol.